The average molecular weight is 231 g/mol. The molecule has 0 atom stereocenters. The Morgan fingerprint density at radius 3 is 2.76 bits per heavy atom. The van der Waals surface area contributed by atoms with E-state index in [1.165, 1.54) is 12.1 Å². The molecule has 0 unspecified atom stereocenters. The van der Waals surface area contributed by atoms with Crippen LogP contribution in [-0.2, 0) is 12.6 Å². The van der Waals surface area contributed by atoms with Gasteiger partial charge in [0.2, 0.25) is 0 Å². The first-order valence-corrected chi connectivity index (χ1v) is 5.68. The topological polar surface area (TPSA) is 43.8 Å². The van der Waals surface area contributed by atoms with Crippen molar-refractivity contribution in [2.45, 2.75) is 18.4 Å². The van der Waals surface area contributed by atoms with Crippen molar-refractivity contribution in [3.05, 3.63) is 41.8 Å². The molecule has 2 N–H and O–H groups in total. The number of nitrogens with zero attached hydrogens (tertiary/aromatic N) is 2. The van der Waals surface area contributed by atoms with E-state index >= 15 is 0 Å². The zero-order chi connectivity index (χ0) is 12.0. The summed E-state index contributed by atoms with van der Waals surface area (Å²) in [6.45, 7) is 0. The lowest BCUT2D eigenvalue weighted by Gasteiger charge is -2.01. The van der Waals surface area contributed by atoms with Crippen LogP contribution >= 0.6 is 0 Å². The number of rotatable bonds is 2. The van der Waals surface area contributed by atoms with E-state index in [0.29, 0.717) is 0 Å². The lowest BCUT2D eigenvalue weighted by molar-refractivity contribution is 0.627. The maximum absolute atomic E-state index is 13.2. The average Bonchev–Trinajstić information content (AvgIpc) is 2.90. The van der Waals surface area contributed by atoms with Crippen molar-refractivity contribution in [3.8, 4) is 11.3 Å². The number of benzene rings is 1. The van der Waals surface area contributed by atoms with Crippen molar-refractivity contribution in [1.29, 1.82) is 0 Å². The third-order valence-electron chi connectivity index (χ3n) is 3.30. The quantitative estimate of drug-likeness (QED) is 0.860. The normalized spacial score (nSPS) is 17.1. The van der Waals surface area contributed by atoms with Crippen LogP contribution in [0.3, 0.4) is 0 Å². The number of nitrogens with two attached hydrogens (primary N) is 1. The summed E-state index contributed by atoms with van der Waals surface area (Å²) in [5.41, 5.74) is 8.49. The van der Waals surface area contributed by atoms with Crippen LogP contribution in [0.5, 0.6) is 0 Å². The number of hydrogen-bond acceptors (Lipinski definition) is 2. The Labute approximate surface area is 99.1 Å². The molecule has 1 aliphatic carbocycles. The third kappa shape index (κ3) is 1.74. The second-order valence-electron chi connectivity index (χ2n) is 4.70. The summed E-state index contributed by atoms with van der Waals surface area (Å²) in [4.78, 5) is 0. The third-order valence-corrected chi connectivity index (χ3v) is 3.30. The van der Waals surface area contributed by atoms with Gasteiger partial charge in [0.05, 0.1) is 16.9 Å². The van der Waals surface area contributed by atoms with Crippen LogP contribution < -0.4 is 5.73 Å². The van der Waals surface area contributed by atoms with E-state index in [2.05, 4.69) is 5.10 Å². The predicted molar refractivity (Wildman–Crippen MR) is 63.7 cm³/mol. The van der Waals surface area contributed by atoms with Gasteiger partial charge in [0.25, 0.3) is 0 Å². The van der Waals surface area contributed by atoms with Crippen LogP contribution in [0.2, 0.25) is 0 Å². The van der Waals surface area contributed by atoms with Crippen molar-refractivity contribution in [1.82, 2.24) is 9.78 Å². The van der Waals surface area contributed by atoms with Crippen LogP contribution in [0.15, 0.2) is 30.3 Å². The van der Waals surface area contributed by atoms with Crippen molar-refractivity contribution < 1.29 is 4.39 Å². The summed E-state index contributed by atoms with van der Waals surface area (Å²) in [5, 5.41) is 4.42. The fraction of sp³-hybridized carbons (Fsp3) is 0.308. The Hall–Kier alpha value is -1.68. The van der Waals surface area contributed by atoms with Gasteiger partial charge < -0.3 is 5.73 Å². The summed E-state index contributed by atoms with van der Waals surface area (Å²) >= 11 is 0. The molecule has 1 saturated carbocycles. The van der Waals surface area contributed by atoms with Crippen molar-refractivity contribution in [3.63, 3.8) is 0 Å². The maximum Gasteiger partial charge on any atom is 0.123 e. The van der Waals surface area contributed by atoms with Gasteiger partial charge in [-0.05, 0) is 31.0 Å². The van der Waals surface area contributed by atoms with E-state index < -0.39 is 0 Å². The molecular formula is C13H14FN3. The molecule has 0 saturated heterocycles. The fourth-order valence-electron chi connectivity index (χ4n) is 2.02. The van der Waals surface area contributed by atoms with Crippen LogP contribution in [0, 0.1) is 5.82 Å². The Bertz CT molecular complexity index is 570. The molecular weight excluding hydrogens is 217 g/mol. The van der Waals surface area contributed by atoms with Crippen molar-refractivity contribution >= 4 is 0 Å². The van der Waals surface area contributed by atoms with Gasteiger partial charge in [-0.15, -0.1) is 0 Å². The highest BCUT2D eigenvalue weighted by atomic mass is 19.1. The van der Waals surface area contributed by atoms with Crippen molar-refractivity contribution in [2.75, 3.05) is 0 Å². The van der Waals surface area contributed by atoms with Crippen LogP contribution in [0.25, 0.3) is 11.3 Å². The predicted octanol–water partition coefficient (Wildman–Crippen LogP) is 2.17. The molecule has 0 radical (unpaired) electrons. The second-order valence-corrected chi connectivity index (χ2v) is 4.70. The monoisotopic (exact) mass is 231 g/mol. The Morgan fingerprint density at radius 2 is 2.12 bits per heavy atom. The van der Waals surface area contributed by atoms with Crippen molar-refractivity contribution in [2.24, 2.45) is 12.8 Å². The molecule has 1 aromatic heterocycles. The minimum atomic E-state index is -0.247. The van der Waals surface area contributed by atoms with E-state index in [9.17, 15) is 4.39 Å². The van der Waals surface area contributed by atoms with Crippen LogP contribution in [-0.4, -0.2) is 9.78 Å². The molecule has 0 bridgehead atoms. The fourth-order valence-corrected chi connectivity index (χ4v) is 2.02. The molecule has 1 fully saturated rings. The summed E-state index contributed by atoms with van der Waals surface area (Å²) < 4.78 is 14.9. The van der Waals surface area contributed by atoms with Gasteiger partial charge in [-0.1, -0.05) is 12.1 Å². The first kappa shape index (κ1) is 10.5. The van der Waals surface area contributed by atoms with Gasteiger partial charge in [0.15, 0.2) is 0 Å². The maximum atomic E-state index is 13.2. The highest BCUT2D eigenvalue weighted by Gasteiger charge is 2.42. The lowest BCUT2D eigenvalue weighted by atomic mass is 10.1. The molecule has 2 aromatic rings. The highest BCUT2D eigenvalue weighted by Crippen LogP contribution is 2.42. The van der Waals surface area contributed by atoms with E-state index in [4.69, 9.17) is 5.73 Å². The highest BCUT2D eigenvalue weighted by molar-refractivity contribution is 5.60. The molecule has 17 heavy (non-hydrogen) atoms. The number of halogens is 1. The molecule has 88 valence electrons. The van der Waals surface area contributed by atoms with Gasteiger partial charge in [-0.25, -0.2) is 4.39 Å². The minimum absolute atomic E-state index is 0.237. The molecule has 3 nitrogen and oxygen atoms in total. The molecule has 1 aromatic carbocycles. The number of aromatic nitrogens is 2. The number of aryl methyl sites for hydroxylation is 1. The summed E-state index contributed by atoms with van der Waals surface area (Å²) in [7, 11) is 1.86. The first-order valence-electron chi connectivity index (χ1n) is 5.68. The molecule has 1 aliphatic rings. The zero-order valence-corrected chi connectivity index (χ0v) is 9.65. The van der Waals surface area contributed by atoms with E-state index in [-0.39, 0.29) is 11.4 Å². The van der Waals surface area contributed by atoms with Gasteiger partial charge in [0.1, 0.15) is 5.82 Å². The van der Waals surface area contributed by atoms with E-state index in [1.54, 1.807) is 10.7 Å². The Morgan fingerprint density at radius 1 is 1.35 bits per heavy atom. The Kier molecular flexibility index (Phi) is 2.10. The SMILES string of the molecule is Cn1nc(C2(N)CC2)cc1-c1cccc(F)c1. The summed E-state index contributed by atoms with van der Waals surface area (Å²) in [5.74, 6) is -0.237. The molecule has 0 amide bonds. The second kappa shape index (κ2) is 3.40. The van der Waals surface area contributed by atoms with E-state index in [1.807, 2.05) is 19.2 Å². The standard InChI is InChI=1S/C13H14FN3/c1-17-11(9-3-2-4-10(14)7-9)8-12(16-17)13(15)5-6-13/h2-4,7-8H,5-6,15H2,1H3. The summed E-state index contributed by atoms with van der Waals surface area (Å²) in [6, 6.07) is 8.48. The van der Waals surface area contributed by atoms with E-state index in [0.717, 1.165) is 29.8 Å². The molecule has 4 heteroatoms. The molecule has 3 rings (SSSR count). The van der Waals surface area contributed by atoms with Gasteiger partial charge in [-0.2, -0.15) is 5.10 Å². The minimum Gasteiger partial charge on any atom is -0.320 e. The largest absolute Gasteiger partial charge is 0.320 e. The van der Waals surface area contributed by atoms with Gasteiger partial charge in [-0.3, -0.25) is 4.68 Å². The molecule has 0 spiro atoms. The Balaban J connectivity index is 2.06. The van der Waals surface area contributed by atoms with Crippen LogP contribution in [0.1, 0.15) is 18.5 Å². The van der Waals surface area contributed by atoms with Gasteiger partial charge in [0, 0.05) is 12.6 Å². The number of hydrogen-bond donors (Lipinski definition) is 1. The smallest absolute Gasteiger partial charge is 0.123 e. The van der Waals surface area contributed by atoms with Crippen LogP contribution in [0.4, 0.5) is 4.39 Å². The summed E-state index contributed by atoms with van der Waals surface area (Å²) in [6.07, 6.45) is 1.96. The first-order chi connectivity index (χ1) is 8.08. The zero-order valence-electron chi connectivity index (χ0n) is 9.65. The molecule has 1 heterocycles. The van der Waals surface area contributed by atoms with Gasteiger partial charge >= 0.3 is 0 Å². The lowest BCUT2D eigenvalue weighted by Crippen LogP contribution is -2.19. The molecule has 0 aliphatic heterocycles.